The fourth-order valence-corrected chi connectivity index (χ4v) is 2.57. The minimum atomic E-state index is 0.208. The first-order chi connectivity index (χ1) is 8.63. The van der Waals surface area contributed by atoms with E-state index in [2.05, 4.69) is 11.1 Å². The number of carbonyl (C=O) groups excluding carboxylic acids is 1. The molecule has 0 bridgehead atoms. The Bertz CT molecular complexity index is 431. The van der Waals surface area contributed by atoms with Gasteiger partial charge in [0, 0.05) is 26.3 Å². The molecule has 2 rings (SSSR count). The molecule has 0 saturated carbocycles. The van der Waals surface area contributed by atoms with Gasteiger partial charge in [-0.25, -0.2) is 4.98 Å². The van der Waals surface area contributed by atoms with Gasteiger partial charge in [0.05, 0.1) is 6.04 Å². The van der Waals surface area contributed by atoms with Gasteiger partial charge < -0.3 is 9.80 Å². The standard InChI is InChI=1S/C14H21N3O/c1-11-12(7-8-14(15-11)16(2)3)13-6-4-5-9-17(13)10-18/h7-8,10,13H,4-6,9H2,1-3H3/t13-/m1/s1. The zero-order chi connectivity index (χ0) is 13.1. The Kier molecular flexibility index (Phi) is 3.84. The van der Waals surface area contributed by atoms with E-state index in [1.165, 1.54) is 12.0 Å². The SMILES string of the molecule is Cc1nc(N(C)C)ccc1[C@H]1CCCCN1C=O. The lowest BCUT2D eigenvalue weighted by Gasteiger charge is -2.33. The topological polar surface area (TPSA) is 36.4 Å². The van der Waals surface area contributed by atoms with Gasteiger partial charge in [0.1, 0.15) is 5.82 Å². The van der Waals surface area contributed by atoms with E-state index in [1.54, 1.807) is 0 Å². The Morgan fingerprint density at radius 1 is 1.39 bits per heavy atom. The summed E-state index contributed by atoms with van der Waals surface area (Å²) in [7, 11) is 3.97. The zero-order valence-corrected chi connectivity index (χ0v) is 11.4. The van der Waals surface area contributed by atoms with Crippen LogP contribution in [0, 0.1) is 6.92 Å². The molecule has 1 atom stereocenters. The molecule has 18 heavy (non-hydrogen) atoms. The molecule has 1 saturated heterocycles. The molecular weight excluding hydrogens is 226 g/mol. The van der Waals surface area contributed by atoms with Crippen molar-refractivity contribution in [3.05, 3.63) is 23.4 Å². The Labute approximate surface area is 109 Å². The summed E-state index contributed by atoms with van der Waals surface area (Å²) in [5.41, 5.74) is 2.22. The van der Waals surface area contributed by atoms with E-state index in [-0.39, 0.29) is 6.04 Å². The molecule has 1 aromatic heterocycles. The lowest BCUT2D eigenvalue weighted by Crippen LogP contribution is -2.32. The van der Waals surface area contributed by atoms with Crippen molar-refractivity contribution in [2.45, 2.75) is 32.2 Å². The van der Waals surface area contributed by atoms with Gasteiger partial charge in [-0.2, -0.15) is 0 Å². The van der Waals surface area contributed by atoms with E-state index in [0.717, 1.165) is 37.3 Å². The number of rotatable bonds is 3. The number of aryl methyl sites for hydroxylation is 1. The van der Waals surface area contributed by atoms with Crippen LogP contribution in [0.1, 0.15) is 36.6 Å². The highest BCUT2D eigenvalue weighted by Gasteiger charge is 2.24. The normalized spacial score (nSPS) is 19.7. The number of aromatic nitrogens is 1. The summed E-state index contributed by atoms with van der Waals surface area (Å²) in [5.74, 6) is 0.963. The Balaban J connectivity index is 2.29. The van der Waals surface area contributed by atoms with Crippen molar-refractivity contribution in [3.8, 4) is 0 Å². The molecule has 0 aliphatic carbocycles. The maximum atomic E-state index is 11.1. The van der Waals surface area contributed by atoms with Gasteiger partial charge >= 0.3 is 0 Å². The summed E-state index contributed by atoms with van der Waals surface area (Å²) in [5, 5.41) is 0. The van der Waals surface area contributed by atoms with Crippen molar-refractivity contribution >= 4 is 12.2 Å². The van der Waals surface area contributed by atoms with Gasteiger partial charge in [-0.1, -0.05) is 6.07 Å². The highest BCUT2D eigenvalue weighted by molar-refractivity contribution is 5.50. The van der Waals surface area contributed by atoms with E-state index >= 15 is 0 Å². The molecule has 0 aromatic carbocycles. The van der Waals surface area contributed by atoms with Crippen molar-refractivity contribution in [2.75, 3.05) is 25.5 Å². The molecule has 2 heterocycles. The predicted molar refractivity (Wildman–Crippen MR) is 72.7 cm³/mol. The summed E-state index contributed by atoms with van der Waals surface area (Å²) >= 11 is 0. The molecular formula is C14H21N3O. The van der Waals surface area contributed by atoms with Gasteiger partial charge in [0.25, 0.3) is 0 Å². The van der Waals surface area contributed by atoms with Crippen LogP contribution in [0.5, 0.6) is 0 Å². The summed E-state index contributed by atoms with van der Waals surface area (Å²) < 4.78 is 0. The average molecular weight is 247 g/mol. The van der Waals surface area contributed by atoms with Crippen LogP contribution in [-0.4, -0.2) is 36.9 Å². The minimum Gasteiger partial charge on any atom is -0.363 e. The van der Waals surface area contributed by atoms with Gasteiger partial charge in [0.2, 0.25) is 6.41 Å². The smallest absolute Gasteiger partial charge is 0.210 e. The van der Waals surface area contributed by atoms with E-state index < -0.39 is 0 Å². The van der Waals surface area contributed by atoms with Gasteiger partial charge in [-0.05, 0) is 37.8 Å². The lowest BCUT2D eigenvalue weighted by molar-refractivity contribution is -0.121. The second kappa shape index (κ2) is 5.38. The number of piperidine rings is 1. The minimum absolute atomic E-state index is 0.208. The predicted octanol–water partition coefficient (Wildman–Crippen LogP) is 2.14. The van der Waals surface area contributed by atoms with Crippen molar-refractivity contribution < 1.29 is 4.79 Å². The van der Waals surface area contributed by atoms with Crippen molar-refractivity contribution in [1.29, 1.82) is 0 Å². The number of nitrogens with zero attached hydrogens (tertiary/aromatic N) is 3. The third-order valence-electron chi connectivity index (χ3n) is 3.61. The van der Waals surface area contributed by atoms with Crippen LogP contribution >= 0.6 is 0 Å². The molecule has 98 valence electrons. The maximum Gasteiger partial charge on any atom is 0.210 e. The Morgan fingerprint density at radius 2 is 2.17 bits per heavy atom. The maximum absolute atomic E-state index is 11.1. The molecule has 0 N–H and O–H groups in total. The summed E-state index contributed by atoms with van der Waals surface area (Å²) in [6, 6.07) is 4.35. The van der Waals surface area contributed by atoms with Crippen LogP contribution in [0.2, 0.25) is 0 Å². The molecule has 0 spiro atoms. The Hall–Kier alpha value is -1.58. The van der Waals surface area contributed by atoms with Crippen molar-refractivity contribution in [2.24, 2.45) is 0 Å². The summed E-state index contributed by atoms with van der Waals surface area (Å²) in [6.45, 7) is 2.89. The third kappa shape index (κ3) is 2.47. The number of anilines is 1. The van der Waals surface area contributed by atoms with Crippen LogP contribution < -0.4 is 4.90 Å². The number of hydrogen-bond donors (Lipinski definition) is 0. The van der Waals surface area contributed by atoms with Crippen LogP contribution in [0.3, 0.4) is 0 Å². The second-order valence-corrected chi connectivity index (χ2v) is 5.09. The first-order valence-corrected chi connectivity index (χ1v) is 6.49. The lowest BCUT2D eigenvalue weighted by atomic mass is 9.95. The number of amides is 1. The van der Waals surface area contributed by atoms with Crippen LogP contribution in [0.4, 0.5) is 5.82 Å². The number of pyridine rings is 1. The average Bonchev–Trinajstić information content (AvgIpc) is 2.38. The number of likely N-dealkylation sites (tertiary alicyclic amines) is 1. The molecule has 1 fully saturated rings. The molecule has 4 heteroatoms. The number of carbonyl (C=O) groups is 1. The molecule has 1 aliphatic rings. The molecule has 0 unspecified atom stereocenters. The van der Waals surface area contributed by atoms with E-state index in [1.807, 2.05) is 36.9 Å². The molecule has 1 amide bonds. The van der Waals surface area contributed by atoms with Gasteiger partial charge in [-0.15, -0.1) is 0 Å². The van der Waals surface area contributed by atoms with E-state index in [0.29, 0.717) is 0 Å². The monoisotopic (exact) mass is 247 g/mol. The highest BCUT2D eigenvalue weighted by atomic mass is 16.1. The zero-order valence-electron chi connectivity index (χ0n) is 11.4. The van der Waals surface area contributed by atoms with Gasteiger partial charge in [0.15, 0.2) is 0 Å². The second-order valence-electron chi connectivity index (χ2n) is 5.09. The third-order valence-corrected chi connectivity index (χ3v) is 3.61. The Morgan fingerprint density at radius 3 is 2.78 bits per heavy atom. The molecule has 1 aliphatic heterocycles. The van der Waals surface area contributed by atoms with Crippen LogP contribution in [-0.2, 0) is 4.79 Å². The fourth-order valence-electron chi connectivity index (χ4n) is 2.57. The van der Waals surface area contributed by atoms with Crippen LogP contribution in [0.25, 0.3) is 0 Å². The largest absolute Gasteiger partial charge is 0.363 e. The summed E-state index contributed by atoms with van der Waals surface area (Å²) in [4.78, 5) is 19.6. The number of hydrogen-bond acceptors (Lipinski definition) is 3. The van der Waals surface area contributed by atoms with Gasteiger partial charge in [-0.3, -0.25) is 4.79 Å². The van der Waals surface area contributed by atoms with E-state index in [4.69, 9.17) is 0 Å². The first-order valence-electron chi connectivity index (χ1n) is 6.49. The quantitative estimate of drug-likeness (QED) is 0.768. The molecule has 1 aromatic rings. The highest BCUT2D eigenvalue weighted by Crippen LogP contribution is 2.31. The van der Waals surface area contributed by atoms with Crippen LogP contribution in [0.15, 0.2) is 12.1 Å². The molecule has 4 nitrogen and oxygen atoms in total. The van der Waals surface area contributed by atoms with Crippen molar-refractivity contribution in [1.82, 2.24) is 9.88 Å². The fraction of sp³-hybridized carbons (Fsp3) is 0.571. The van der Waals surface area contributed by atoms with Crippen molar-refractivity contribution in [3.63, 3.8) is 0 Å². The van der Waals surface area contributed by atoms with E-state index in [9.17, 15) is 4.79 Å². The first kappa shape index (κ1) is 12.9. The summed E-state index contributed by atoms with van der Waals surface area (Å²) in [6.07, 6.45) is 4.31. The molecule has 0 radical (unpaired) electrons.